The maximum atomic E-state index is 13.3. The smallest absolute Gasteiger partial charge is 0.336 e. The summed E-state index contributed by atoms with van der Waals surface area (Å²) in [6.45, 7) is 20.8. The molecule has 7 unspecified atom stereocenters. The molecule has 0 aromatic carbocycles. The number of carbonyl (C=O) groups excluding carboxylic acids is 1. The molecule has 5 heterocycles. The van der Waals surface area contributed by atoms with E-state index in [0.29, 0.717) is 0 Å². The second-order valence-electron chi connectivity index (χ2n) is 15.8. The number of nitrogens with one attached hydrogen (secondary N) is 2. The lowest BCUT2D eigenvalue weighted by atomic mass is 10.0. The summed E-state index contributed by atoms with van der Waals surface area (Å²) >= 11 is 5.86. The van der Waals surface area contributed by atoms with Gasteiger partial charge in [-0.15, -0.1) is 12.3 Å². The van der Waals surface area contributed by atoms with Crippen LogP contribution in [0.3, 0.4) is 0 Å². The summed E-state index contributed by atoms with van der Waals surface area (Å²) in [6.07, 6.45) is 4.87. The number of hydrogen-bond donors (Lipinski definition) is 2. The standard InChI is InChI=1S/C35H56N6O9S2Si2/c1-12-25(13-2)24(11)54(23(9)10)49-28-26(18-46-53(50-54,21(5)6)22(7)8)47-33(29(28)48-35(51)40-14-16-52(44,45)17-15-40)41-19-36-27-30(41)37-34(39-32(27)43)38-31(42)20(3)4/h1,19-26,28-29,33H,13-18H2,2-11H3,(H2,37,38,39,42,43). The molecule has 3 fully saturated rings. The summed E-state index contributed by atoms with van der Waals surface area (Å²) in [4.78, 5) is 39.2. The lowest BCUT2D eigenvalue weighted by molar-refractivity contribution is -0.118. The highest BCUT2D eigenvalue weighted by molar-refractivity contribution is 7.91. The van der Waals surface area contributed by atoms with Crippen LogP contribution in [0.2, 0.25) is 22.2 Å². The molecular weight excluding hydrogens is 769 g/mol. The molecule has 19 heteroatoms. The van der Waals surface area contributed by atoms with Crippen molar-refractivity contribution in [3.8, 4) is 12.3 Å². The van der Waals surface area contributed by atoms with Crippen LogP contribution in [0.15, 0.2) is 11.1 Å². The Bertz CT molecular complexity index is 1890. The number of H-pyrrole nitrogens is 1. The molecular formula is C35H56N6O9S2Si2. The zero-order chi connectivity index (χ0) is 39.9. The van der Waals surface area contributed by atoms with Crippen LogP contribution in [0.1, 0.15) is 81.9 Å². The molecule has 2 aromatic rings. The molecule has 15 nitrogen and oxygen atoms in total. The van der Waals surface area contributed by atoms with E-state index in [-0.39, 0.29) is 93.4 Å². The lowest BCUT2D eigenvalue weighted by Gasteiger charge is -2.52. The molecule has 2 aromatic heterocycles. The van der Waals surface area contributed by atoms with E-state index in [1.54, 1.807) is 23.3 Å². The van der Waals surface area contributed by atoms with Crippen LogP contribution < -0.4 is 10.9 Å². The van der Waals surface area contributed by atoms with Gasteiger partial charge in [0.2, 0.25) is 11.9 Å². The zero-order valence-corrected chi connectivity index (χ0v) is 36.6. The van der Waals surface area contributed by atoms with Gasteiger partial charge >= 0.3 is 17.1 Å². The van der Waals surface area contributed by atoms with Crippen LogP contribution in [0.4, 0.5) is 5.95 Å². The molecule has 0 bridgehead atoms. The Labute approximate surface area is 326 Å². The van der Waals surface area contributed by atoms with Gasteiger partial charge in [-0.05, 0) is 35.3 Å². The Balaban J connectivity index is 1.68. The average Bonchev–Trinajstić information content (AvgIpc) is 3.65. The van der Waals surface area contributed by atoms with Gasteiger partial charge in [-0.1, -0.05) is 69.2 Å². The van der Waals surface area contributed by atoms with Crippen molar-refractivity contribution in [3.05, 3.63) is 16.7 Å². The molecule has 2 N–H and O–H groups in total. The van der Waals surface area contributed by atoms with E-state index in [2.05, 4.69) is 81.6 Å². The summed E-state index contributed by atoms with van der Waals surface area (Å²) in [7, 11) is -9.65. The van der Waals surface area contributed by atoms with E-state index >= 15 is 0 Å². The number of aromatic amines is 1. The van der Waals surface area contributed by atoms with Crippen molar-refractivity contribution < 1.29 is 35.7 Å². The fourth-order valence-corrected chi connectivity index (χ4v) is 20.7. The first-order chi connectivity index (χ1) is 25.3. The van der Waals surface area contributed by atoms with Crippen molar-refractivity contribution in [2.75, 3.05) is 36.5 Å². The number of terminal acetylenes is 1. The number of aromatic nitrogens is 4. The van der Waals surface area contributed by atoms with E-state index in [0.717, 1.165) is 6.42 Å². The van der Waals surface area contributed by atoms with Gasteiger partial charge in [0.05, 0.1) is 24.4 Å². The maximum Gasteiger partial charge on any atom is 0.336 e. The summed E-state index contributed by atoms with van der Waals surface area (Å²) < 4.78 is 62.0. The number of amides is 1. The van der Waals surface area contributed by atoms with E-state index in [1.807, 2.05) is 0 Å². The first-order valence-electron chi connectivity index (χ1n) is 18.9. The van der Waals surface area contributed by atoms with Crippen molar-refractivity contribution in [2.24, 2.45) is 11.8 Å². The molecule has 3 aliphatic heterocycles. The normalized spacial score (nSPS) is 28.1. The van der Waals surface area contributed by atoms with Gasteiger partial charge in [-0.3, -0.25) is 24.5 Å². The number of anilines is 1. The topological polar surface area (TPSA) is 176 Å². The third-order valence-electron chi connectivity index (χ3n) is 11.0. The second-order valence-corrected chi connectivity index (χ2v) is 27.1. The molecule has 3 aliphatic rings. The molecule has 0 aliphatic carbocycles. The van der Waals surface area contributed by atoms with E-state index in [9.17, 15) is 18.0 Å². The fourth-order valence-electron chi connectivity index (χ4n) is 7.69. The first kappa shape index (κ1) is 42.4. The second kappa shape index (κ2) is 16.4. The third-order valence-corrected chi connectivity index (χ3v) is 23.3. The Morgan fingerprint density at radius 1 is 1.11 bits per heavy atom. The van der Waals surface area contributed by atoms with Crippen molar-refractivity contribution in [1.82, 2.24) is 24.4 Å². The van der Waals surface area contributed by atoms with Crippen molar-refractivity contribution in [1.29, 1.82) is 0 Å². The number of rotatable bonds is 10. The molecule has 300 valence electrons. The minimum atomic E-state index is -3.41. The highest BCUT2D eigenvalue weighted by atomic mass is 32.2. The number of fused-ring (bicyclic) bond motifs is 2. The Morgan fingerprint density at radius 2 is 1.74 bits per heavy atom. The van der Waals surface area contributed by atoms with Gasteiger partial charge in [0.25, 0.3) is 10.7 Å². The van der Waals surface area contributed by atoms with Crippen LogP contribution in [0, 0.1) is 24.2 Å². The van der Waals surface area contributed by atoms with Gasteiger partial charge < -0.3 is 27.3 Å². The number of imidazole rings is 1. The molecule has 54 heavy (non-hydrogen) atoms. The van der Waals surface area contributed by atoms with Crippen molar-refractivity contribution in [2.45, 2.75) is 122 Å². The van der Waals surface area contributed by atoms with Crippen LogP contribution in [-0.4, -0.2) is 111 Å². The maximum absolute atomic E-state index is 13.3. The predicted molar refractivity (Wildman–Crippen MR) is 214 cm³/mol. The Morgan fingerprint density at radius 3 is 2.30 bits per heavy atom. The number of carbonyl (C=O) groups is 1. The van der Waals surface area contributed by atoms with Gasteiger partial charge in [0.15, 0.2) is 33.3 Å². The summed E-state index contributed by atoms with van der Waals surface area (Å²) in [5.74, 6) is 2.01. The van der Waals surface area contributed by atoms with Crippen LogP contribution >= 0.6 is 12.2 Å². The summed E-state index contributed by atoms with van der Waals surface area (Å²) in [5, 5.41) is 2.75. The number of ether oxygens (including phenoxy) is 2. The highest BCUT2D eigenvalue weighted by Crippen LogP contribution is 2.51. The quantitative estimate of drug-likeness (QED) is 0.193. The van der Waals surface area contributed by atoms with E-state index in [4.69, 9.17) is 41.1 Å². The van der Waals surface area contributed by atoms with Gasteiger partial charge in [-0.2, -0.15) is 4.98 Å². The zero-order valence-electron chi connectivity index (χ0n) is 33.0. The molecule has 0 saturated carbocycles. The number of nitrogens with zero attached hydrogens (tertiary/aromatic N) is 4. The van der Waals surface area contributed by atoms with Gasteiger partial charge in [-0.25, -0.2) is 13.4 Å². The molecule has 1 amide bonds. The average molecular weight is 825 g/mol. The Hall–Kier alpha value is -2.71. The number of sulfone groups is 1. The monoisotopic (exact) mass is 824 g/mol. The van der Waals surface area contributed by atoms with Crippen molar-refractivity contribution in [3.63, 3.8) is 0 Å². The Kier molecular flexibility index (Phi) is 12.9. The third kappa shape index (κ3) is 8.08. The minimum Gasteiger partial charge on any atom is -0.460 e. The van der Waals surface area contributed by atoms with Crippen LogP contribution in [0.25, 0.3) is 11.2 Å². The number of thiocarbonyl (C=S) groups is 1. The van der Waals surface area contributed by atoms with E-state index in [1.165, 1.54) is 6.33 Å². The SMILES string of the molecule is C#CC(CC)C(C)[Si]1(C(C)C)OC2C(CO[Si](C(C)C)(C(C)C)O1)OC(n1cnc3c(=O)[nH]c(NC(=O)C(C)C)nc31)C2OC(=S)N1CCS(=O)(=O)CC1. The highest BCUT2D eigenvalue weighted by Gasteiger charge is 2.64. The predicted octanol–water partition coefficient (Wildman–Crippen LogP) is 4.61. The van der Waals surface area contributed by atoms with Crippen LogP contribution in [-0.2, 0) is 37.1 Å². The number of hydrogen-bond acceptors (Lipinski definition) is 12. The molecule has 7 atom stereocenters. The minimum absolute atomic E-state index is 0.0268. The summed E-state index contributed by atoms with van der Waals surface area (Å²) in [6, 6.07) is 0. The van der Waals surface area contributed by atoms with E-state index < -0.39 is 57.1 Å². The lowest BCUT2D eigenvalue weighted by Crippen LogP contribution is -2.67. The molecule has 5 rings (SSSR count). The van der Waals surface area contributed by atoms with Gasteiger partial charge in [0, 0.05) is 30.5 Å². The first-order valence-corrected chi connectivity index (χ1v) is 25.0. The van der Waals surface area contributed by atoms with Gasteiger partial charge in [0.1, 0.15) is 12.2 Å². The molecule has 3 saturated heterocycles. The van der Waals surface area contributed by atoms with Crippen molar-refractivity contribution >= 4 is 67.4 Å². The van der Waals surface area contributed by atoms with Crippen LogP contribution in [0.5, 0.6) is 0 Å². The largest absolute Gasteiger partial charge is 0.460 e. The molecule has 0 spiro atoms. The fraction of sp³-hybridized carbons (Fsp3) is 0.743. The summed E-state index contributed by atoms with van der Waals surface area (Å²) in [5.41, 5.74) is -0.518. The molecule has 0 radical (unpaired) electrons.